The lowest BCUT2D eigenvalue weighted by atomic mass is 10.1. The Morgan fingerprint density at radius 3 is 2.23 bits per heavy atom. The van der Waals surface area contributed by atoms with Gasteiger partial charge in [0.15, 0.2) is 6.04 Å². The Balaban J connectivity index is 1.61. The van der Waals surface area contributed by atoms with Crippen LogP contribution in [0.5, 0.6) is 0 Å². The number of piperazine rings is 1. The summed E-state index contributed by atoms with van der Waals surface area (Å²) in [6.07, 6.45) is 1.99. The number of quaternary nitrogens is 1. The van der Waals surface area contributed by atoms with Crippen LogP contribution in [0.4, 0.5) is 5.69 Å². The molecular formula is C23H32N3O3S+. The van der Waals surface area contributed by atoms with Crippen LogP contribution in [0.2, 0.25) is 0 Å². The van der Waals surface area contributed by atoms with E-state index >= 15 is 0 Å². The third kappa shape index (κ3) is 4.91. The predicted molar refractivity (Wildman–Crippen MR) is 119 cm³/mol. The van der Waals surface area contributed by atoms with E-state index in [0.29, 0.717) is 31.1 Å². The van der Waals surface area contributed by atoms with Gasteiger partial charge in [-0.3, -0.25) is 4.79 Å². The van der Waals surface area contributed by atoms with Crippen molar-refractivity contribution < 1.29 is 18.1 Å². The van der Waals surface area contributed by atoms with Gasteiger partial charge >= 0.3 is 0 Å². The standard InChI is InChI=1S/C23H31N3O3S/c1-4-8-20-11-13-22(14-12-20)30(28,29)26-17-15-25(16-18-26)19(2)23(27)24(3)21-9-6-5-7-10-21/h5-7,9-14,19H,4,8,15-18H2,1-3H3/p+1/t19-/m0/s1. The molecule has 1 fully saturated rings. The lowest BCUT2D eigenvalue weighted by molar-refractivity contribution is -0.917. The van der Waals surface area contributed by atoms with E-state index in [9.17, 15) is 13.2 Å². The average molecular weight is 431 g/mol. The molecule has 1 N–H and O–H groups in total. The van der Waals surface area contributed by atoms with E-state index in [-0.39, 0.29) is 11.9 Å². The molecule has 0 saturated carbocycles. The summed E-state index contributed by atoms with van der Waals surface area (Å²) in [7, 11) is -1.71. The molecule has 6 nitrogen and oxygen atoms in total. The van der Waals surface area contributed by atoms with Crippen LogP contribution >= 0.6 is 0 Å². The van der Waals surface area contributed by atoms with Crippen molar-refractivity contribution >= 4 is 21.6 Å². The van der Waals surface area contributed by atoms with Crippen molar-refractivity contribution in [3.63, 3.8) is 0 Å². The number of sulfonamides is 1. The quantitative estimate of drug-likeness (QED) is 0.726. The molecule has 1 aliphatic heterocycles. The van der Waals surface area contributed by atoms with Crippen LogP contribution in [0.15, 0.2) is 59.5 Å². The second-order valence-electron chi connectivity index (χ2n) is 7.91. The molecule has 2 aromatic carbocycles. The van der Waals surface area contributed by atoms with Gasteiger partial charge < -0.3 is 9.80 Å². The van der Waals surface area contributed by atoms with E-state index in [2.05, 4.69) is 6.92 Å². The molecule has 3 rings (SSSR count). The molecule has 1 aliphatic rings. The van der Waals surface area contributed by atoms with Crippen LogP contribution in [0, 0.1) is 0 Å². The molecule has 162 valence electrons. The molecule has 0 radical (unpaired) electrons. The van der Waals surface area contributed by atoms with Gasteiger partial charge in [0.25, 0.3) is 5.91 Å². The van der Waals surface area contributed by atoms with Crippen LogP contribution in [-0.4, -0.2) is 57.9 Å². The molecule has 0 aliphatic carbocycles. The van der Waals surface area contributed by atoms with Crippen molar-refractivity contribution in [2.24, 2.45) is 0 Å². The molecule has 30 heavy (non-hydrogen) atoms. The lowest BCUT2D eigenvalue weighted by Gasteiger charge is -2.35. The number of para-hydroxylation sites is 1. The number of carbonyl (C=O) groups excluding carboxylic acids is 1. The summed E-state index contributed by atoms with van der Waals surface area (Å²) in [6.45, 7) is 6.09. The third-order valence-electron chi connectivity index (χ3n) is 5.92. The smallest absolute Gasteiger partial charge is 0.284 e. The van der Waals surface area contributed by atoms with Crippen molar-refractivity contribution in [3.8, 4) is 0 Å². The highest BCUT2D eigenvalue weighted by Crippen LogP contribution is 2.17. The Morgan fingerprint density at radius 1 is 1.07 bits per heavy atom. The minimum atomic E-state index is -3.50. The fraction of sp³-hybridized carbons (Fsp3) is 0.435. The zero-order valence-electron chi connectivity index (χ0n) is 18.0. The van der Waals surface area contributed by atoms with E-state index in [1.807, 2.05) is 49.4 Å². The van der Waals surface area contributed by atoms with E-state index in [4.69, 9.17) is 0 Å². The molecule has 0 aromatic heterocycles. The van der Waals surface area contributed by atoms with Crippen LogP contribution < -0.4 is 9.80 Å². The topological polar surface area (TPSA) is 62.1 Å². The SMILES string of the molecule is CCCc1ccc(S(=O)(=O)N2CC[NH+]([C@@H](C)C(=O)N(C)c3ccccc3)CC2)cc1. The average Bonchev–Trinajstić information content (AvgIpc) is 2.79. The summed E-state index contributed by atoms with van der Waals surface area (Å²) < 4.78 is 27.5. The first-order valence-electron chi connectivity index (χ1n) is 10.6. The highest BCUT2D eigenvalue weighted by molar-refractivity contribution is 7.89. The number of rotatable bonds is 7. The number of amides is 1. The molecule has 0 spiro atoms. The van der Waals surface area contributed by atoms with Gasteiger partial charge in [-0.15, -0.1) is 0 Å². The maximum absolute atomic E-state index is 13.0. The number of nitrogens with one attached hydrogen (secondary N) is 1. The third-order valence-corrected chi connectivity index (χ3v) is 7.83. The van der Waals surface area contributed by atoms with Gasteiger partial charge in [-0.25, -0.2) is 8.42 Å². The van der Waals surface area contributed by atoms with Crippen molar-refractivity contribution in [1.82, 2.24) is 4.31 Å². The van der Waals surface area contributed by atoms with Crippen LogP contribution in [0.1, 0.15) is 25.8 Å². The van der Waals surface area contributed by atoms with Gasteiger partial charge in [0.2, 0.25) is 10.0 Å². The summed E-state index contributed by atoms with van der Waals surface area (Å²) in [6, 6.07) is 16.6. The maximum Gasteiger partial charge on any atom is 0.284 e. The van der Waals surface area contributed by atoms with Crippen LogP contribution in [-0.2, 0) is 21.2 Å². The summed E-state index contributed by atoms with van der Waals surface area (Å²) in [5.74, 6) is 0.0408. The van der Waals surface area contributed by atoms with E-state index < -0.39 is 10.0 Å². The Kier molecular flexibility index (Phi) is 7.28. The van der Waals surface area contributed by atoms with Gasteiger partial charge in [0.1, 0.15) is 0 Å². The first-order chi connectivity index (χ1) is 14.3. The second kappa shape index (κ2) is 9.73. The molecule has 0 bridgehead atoms. The fourth-order valence-corrected chi connectivity index (χ4v) is 5.40. The van der Waals surface area contributed by atoms with E-state index in [0.717, 1.165) is 29.0 Å². The van der Waals surface area contributed by atoms with Gasteiger partial charge in [0.05, 0.1) is 31.1 Å². The minimum absolute atomic E-state index is 0.0408. The normalized spacial score (nSPS) is 16.9. The molecule has 7 heteroatoms. The van der Waals surface area contributed by atoms with Gasteiger partial charge in [-0.05, 0) is 43.2 Å². The second-order valence-corrected chi connectivity index (χ2v) is 9.85. The van der Waals surface area contributed by atoms with Gasteiger partial charge in [-0.2, -0.15) is 4.31 Å². The molecule has 0 unspecified atom stereocenters. The van der Waals surface area contributed by atoms with E-state index in [1.54, 1.807) is 28.4 Å². The van der Waals surface area contributed by atoms with Crippen molar-refractivity contribution in [1.29, 1.82) is 0 Å². The van der Waals surface area contributed by atoms with Crippen molar-refractivity contribution in [2.45, 2.75) is 37.6 Å². The van der Waals surface area contributed by atoms with Crippen LogP contribution in [0.25, 0.3) is 0 Å². The Labute approximate surface area is 180 Å². The van der Waals surface area contributed by atoms with E-state index in [1.165, 1.54) is 0 Å². The fourth-order valence-electron chi connectivity index (χ4n) is 3.96. The Hall–Kier alpha value is -2.22. The monoisotopic (exact) mass is 430 g/mol. The molecule has 1 amide bonds. The number of anilines is 1. The minimum Gasteiger partial charge on any atom is -0.323 e. The summed E-state index contributed by atoms with van der Waals surface area (Å²) >= 11 is 0. The Morgan fingerprint density at radius 2 is 1.67 bits per heavy atom. The molecule has 2 aromatic rings. The highest BCUT2D eigenvalue weighted by Gasteiger charge is 2.35. The first-order valence-corrected chi connectivity index (χ1v) is 12.0. The summed E-state index contributed by atoms with van der Waals surface area (Å²) in [5, 5.41) is 0. The number of benzene rings is 2. The Bertz CT molecular complexity index is 937. The number of hydrogen-bond acceptors (Lipinski definition) is 3. The zero-order valence-corrected chi connectivity index (χ0v) is 18.9. The molecule has 1 saturated heterocycles. The number of hydrogen-bond donors (Lipinski definition) is 1. The number of aryl methyl sites for hydroxylation is 1. The first kappa shape index (κ1) is 22.5. The summed E-state index contributed by atoms with van der Waals surface area (Å²) in [4.78, 5) is 16.0. The molecule has 1 heterocycles. The van der Waals surface area contributed by atoms with Gasteiger partial charge in [-0.1, -0.05) is 43.7 Å². The zero-order chi connectivity index (χ0) is 21.7. The highest BCUT2D eigenvalue weighted by atomic mass is 32.2. The number of likely N-dealkylation sites (N-methyl/N-ethyl adjacent to an activating group) is 1. The summed E-state index contributed by atoms with van der Waals surface area (Å²) in [5.41, 5.74) is 2.02. The van der Waals surface area contributed by atoms with Gasteiger partial charge in [0, 0.05) is 12.7 Å². The maximum atomic E-state index is 13.0. The van der Waals surface area contributed by atoms with Crippen molar-refractivity contribution in [3.05, 3.63) is 60.2 Å². The predicted octanol–water partition coefficient (Wildman–Crippen LogP) is 1.58. The lowest BCUT2D eigenvalue weighted by Crippen LogP contribution is -3.19. The molecule has 1 atom stereocenters. The molecular weight excluding hydrogens is 398 g/mol. The van der Waals surface area contributed by atoms with Crippen molar-refractivity contribution in [2.75, 3.05) is 38.1 Å². The number of carbonyl (C=O) groups is 1. The number of nitrogens with zero attached hydrogens (tertiary/aromatic N) is 2. The van der Waals surface area contributed by atoms with Crippen LogP contribution in [0.3, 0.4) is 0 Å². The largest absolute Gasteiger partial charge is 0.323 e.